The topological polar surface area (TPSA) is 3.24 Å². The van der Waals surface area contributed by atoms with Crippen molar-refractivity contribution in [3.05, 3.63) is 21.9 Å². The van der Waals surface area contributed by atoms with Gasteiger partial charge < -0.3 is 0 Å². The van der Waals surface area contributed by atoms with E-state index in [0.717, 1.165) is 11.8 Å². The number of hydrogen-bond donors (Lipinski definition) is 0. The van der Waals surface area contributed by atoms with Crippen LogP contribution < -0.4 is 4.31 Å². The van der Waals surface area contributed by atoms with Crippen LogP contribution in [0.25, 0.3) is 0 Å². The van der Waals surface area contributed by atoms with Crippen molar-refractivity contribution in [2.75, 3.05) is 17.4 Å². The first-order chi connectivity index (χ1) is 9.67. The van der Waals surface area contributed by atoms with Crippen LogP contribution in [0.5, 0.6) is 0 Å². The molecule has 0 aliphatic heterocycles. The summed E-state index contributed by atoms with van der Waals surface area (Å²) in [6.07, 6.45) is 8.48. The van der Waals surface area contributed by atoms with E-state index in [-0.39, 0.29) is 10.7 Å². The lowest BCUT2D eigenvalue weighted by atomic mass is 9.83. The van der Waals surface area contributed by atoms with Gasteiger partial charge in [0.05, 0.1) is 10.7 Å². The Labute approximate surface area is 128 Å². The smallest absolute Gasteiger partial charge is 0.106 e. The molecule has 1 aromatic heterocycles. The lowest BCUT2D eigenvalue weighted by Crippen LogP contribution is -2.21. The fraction of sp³-hybridized carbons (Fsp3) is 0.778. The Balaban J connectivity index is 2.30. The van der Waals surface area contributed by atoms with Crippen molar-refractivity contribution >= 4 is 10.7 Å². The Hall–Kier alpha value is -0.340. The Bertz CT molecular complexity index is 398. The van der Waals surface area contributed by atoms with Gasteiger partial charge in [-0.3, -0.25) is 0 Å². The first-order valence-corrected chi connectivity index (χ1v) is 9.81. The molecule has 1 atom stereocenters. The minimum atomic E-state index is 0.277. The van der Waals surface area contributed by atoms with E-state index in [1.165, 1.54) is 51.6 Å². The molecular weight excluding hydrogens is 262 g/mol. The van der Waals surface area contributed by atoms with Crippen molar-refractivity contribution in [1.82, 2.24) is 0 Å². The fourth-order valence-electron chi connectivity index (χ4n) is 3.53. The number of thiophene rings is 1. The van der Waals surface area contributed by atoms with E-state index in [9.17, 15) is 0 Å². The Kier molecular flexibility index (Phi) is 6.10. The lowest BCUT2D eigenvalue weighted by molar-refractivity contribution is 0.441. The van der Waals surface area contributed by atoms with Gasteiger partial charge in [-0.15, -0.1) is 4.31 Å². The largest absolute Gasteiger partial charge is 0.175 e. The molecule has 1 fully saturated rings. The summed E-state index contributed by atoms with van der Waals surface area (Å²) in [4.78, 5) is 1.77. The Morgan fingerprint density at radius 3 is 2.35 bits per heavy atom. The lowest BCUT2D eigenvalue weighted by Gasteiger charge is -2.21. The molecule has 1 aliphatic rings. The van der Waals surface area contributed by atoms with Crippen molar-refractivity contribution in [3.63, 3.8) is 0 Å². The maximum atomic E-state index is 2.64. The predicted octanol–water partition coefficient (Wildman–Crippen LogP) is 5.66. The average molecular weight is 295 g/mol. The van der Waals surface area contributed by atoms with Gasteiger partial charge in [0.15, 0.2) is 10.3 Å². The van der Waals surface area contributed by atoms with Crippen LogP contribution in [0.4, 0.5) is 0 Å². The molecule has 114 valence electrons. The van der Waals surface area contributed by atoms with Gasteiger partial charge >= 0.3 is 0 Å². The third-order valence-corrected chi connectivity index (χ3v) is 6.95. The van der Waals surface area contributed by atoms with Crippen molar-refractivity contribution in [2.45, 2.75) is 72.1 Å². The molecule has 1 unspecified atom stereocenters. The third kappa shape index (κ3) is 3.65. The van der Waals surface area contributed by atoms with Gasteiger partial charge in [0.1, 0.15) is 0 Å². The van der Waals surface area contributed by atoms with Crippen molar-refractivity contribution in [3.8, 4) is 0 Å². The Morgan fingerprint density at radius 2 is 1.80 bits per heavy atom. The molecule has 0 aromatic carbocycles. The molecule has 1 aliphatic carbocycles. The quantitative estimate of drug-likeness (QED) is 0.612. The average Bonchev–Trinajstić information content (AvgIpc) is 2.84. The zero-order valence-electron chi connectivity index (χ0n) is 13.8. The second kappa shape index (κ2) is 7.61. The highest BCUT2D eigenvalue weighted by Crippen LogP contribution is 2.41. The predicted molar refractivity (Wildman–Crippen MR) is 92.6 cm³/mol. The van der Waals surface area contributed by atoms with Crippen LogP contribution in [0.2, 0.25) is 0 Å². The minimum Gasteiger partial charge on any atom is -0.106 e. The maximum absolute atomic E-state index is 2.64. The molecule has 0 amide bonds. The minimum absolute atomic E-state index is 0.277. The summed E-state index contributed by atoms with van der Waals surface area (Å²) in [6.45, 7) is 11.7. The first kappa shape index (κ1) is 16.0. The fourth-order valence-corrected chi connectivity index (χ4v) is 5.99. The second-order valence-corrected chi connectivity index (χ2v) is 8.45. The molecule has 0 saturated heterocycles. The molecule has 0 N–H and O–H groups in total. The van der Waals surface area contributed by atoms with Gasteiger partial charge in [0.2, 0.25) is 0 Å². The van der Waals surface area contributed by atoms with Gasteiger partial charge in [-0.2, -0.15) is 0 Å². The molecule has 20 heavy (non-hydrogen) atoms. The molecule has 1 heterocycles. The van der Waals surface area contributed by atoms with E-state index >= 15 is 0 Å². The van der Waals surface area contributed by atoms with Crippen LogP contribution in [0.3, 0.4) is 0 Å². The molecule has 0 spiro atoms. The van der Waals surface area contributed by atoms with Crippen molar-refractivity contribution in [1.29, 1.82) is 0 Å². The van der Waals surface area contributed by atoms with E-state index in [4.69, 9.17) is 0 Å². The molecular formula is C18H32NS+. The van der Waals surface area contributed by atoms with E-state index in [1.807, 2.05) is 0 Å². The summed E-state index contributed by atoms with van der Waals surface area (Å²) in [5.41, 5.74) is 1.73. The molecule has 2 heteroatoms. The molecule has 1 aromatic rings. The number of hydrogen-bond acceptors (Lipinski definition) is 1. The van der Waals surface area contributed by atoms with Crippen LogP contribution in [0, 0.1) is 5.92 Å². The van der Waals surface area contributed by atoms with Gasteiger partial charge in [0, 0.05) is 31.1 Å². The zero-order valence-corrected chi connectivity index (χ0v) is 14.6. The summed E-state index contributed by atoms with van der Waals surface area (Å²) in [7, 11) is 0.277. The number of rotatable bonds is 6. The summed E-state index contributed by atoms with van der Waals surface area (Å²) in [5, 5.41) is 2.51. The molecule has 1 nitrogen and oxygen atoms in total. The van der Waals surface area contributed by atoms with E-state index < -0.39 is 0 Å². The van der Waals surface area contributed by atoms with Crippen LogP contribution in [0.1, 0.15) is 76.2 Å². The maximum Gasteiger partial charge on any atom is 0.175 e. The standard InChI is InChI=1S/C18H32NS/c1-5-19(6-2)20-13-12-17(18(20)14-15(3)4)16-10-8-7-9-11-16/h12-13,15-16H,5-11,14H2,1-4H3/q+1. The van der Waals surface area contributed by atoms with E-state index in [2.05, 4.69) is 43.4 Å². The van der Waals surface area contributed by atoms with Crippen LogP contribution in [-0.2, 0) is 6.42 Å². The number of nitrogens with zero attached hydrogens (tertiary/aromatic N) is 1. The molecule has 2 rings (SSSR count). The zero-order chi connectivity index (χ0) is 14.5. The molecule has 0 radical (unpaired) electrons. The van der Waals surface area contributed by atoms with Gasteiger partial charge in [0.25, 0.3) is 0 Å². The van der Waals surface area contributed by atoms with Crippen molar-refractivity contribution in [2.24, 2.45) is 5.92 Å². The Morgan fingerprint density at radius 1 is 1.15 bits per heavy atom. The SMILES string of the molecule is CCN(CC)[s+]1ccc(C2CCCCC2)c1CC(C)C. The summed E-state index contributed by atoms with van der Waals surface area (Å²) in [5.74, 6) is 1.64. The second-order valence-electron chi connectivity index (χ2n) is 6.54. The monoisotopic (exact) mass is 294 g/mol. The molecule has 1 saturated carbocycles. The van der Waals surface area contributed by atoms with Crippen LogP contribution >= 0.6 is 10.7 Å². The normalized spacial score (nSPS) is 18.2. The summed E-state index contributed by atoms with van der Waals surface area (Å²) >= 11 is 0. The third-order valence-electron chi connectivity index (χ3n) is 4.57. The summed E-state index contributed by atoms with van der Waals surface area (Å²) in [6, 6.07) is 2.50. The van der Waals surface area contributed by atoms with Crippen LogP contribution in [0.15, 0.2) is 11.4 Å². The van der Waals surface area contributed by atoms with Gasteiger partial charge in [-0.05, 0) is 38.5 Å². The van der Waals surface area contributed by atoms with Crippen molar-refractivity contribution < 1.29 is 0 Å². The molecule has 0 bridgehead atoms. The first-order valence-electron chi connectivity index (χ1n) is 8.56. The highest BCUT2D eigenvalue weighted by Gasteiger charge is 2.30. The summed E-state index contributed by atoms with van der Waals surface area (Å²) < 4.78 is 2.64. The highest BCUT2D eigenvalue weighted by atomic mass is 32.2. The van der Waals surface area contributed by atoms with E-state index in [1.54, 1.807) is 10.4 Å². The van der Waals surface area contributed by atoms with Crippen LogP contribution in [-0.4, -0.2) is 13.1 Å². The van der Waals surface area contributed by atoms with E-state index in [0.29, 0.717) is 0 Å². The van der Waals surface area contributed by atoms with Gasteiger partial charge in [-0.1, -0.05) is 33.1 Å². The van der Waals surface area contributed by atoms with Gasteiger partial charge in [-0.25, -0.2) is 0 Å². The highest BCUT2D eigenvalue weighted by molar-refractivity contribution is 7.32.